The first-order valence-corrected chi connectivity index (χ1v) is 8.93. The molecule has 5 nitrogen and oxygen atoms in total. The van der Waals surface area contributed by atoms with Gasteiger partial charge in [0.25, 0.3) is 0 Å². The lowest BCUT2D eigenvalue weighted by Gasteiger charge is -2.24. The van der Waals surface area contributed by atoms with E-state index in [1.54, 1.807) is 6.07 Å². The van der Waals surface area contributed by atoms with Crippen LogP contribution in [0, 0.1) is 5.41 Å². The summed E-state index contributed by atoms with van der Waals surface area (Å²) >= 11 is 0. The number of benzene rings is 2. The van der Waals surface area contributed by atoms with Crippen molar-refractivity contribution in [2.24, 2.45) is 5.41 Å². The predicted octanol–water partition coefficient (Wildman–Crippen LogP) is 4.59. The van der Waals surface area contributed by atoms with Crippen LogP contribution >= 0.6 is 0 Å². The highest BCUT2D eigenvalue weighted by atomic mass is 16.5. The summed E-state index contributed by atoms with van der Waals surface area (Å²) in [4.78, 5) is 23.6. The van der Waals surface area contributed by atoms with Gasteiger partial charge in [-0.2, -0.15) is 0 Å². The van der Waals surface area contributed by atoms with Gasteiger partial charge in [0.05, 0.1) is 18.8 Å². The average molecular weight is 378 g/mol. The number of carbonyl (C=O) groups is 1. The number of rotatable bonds is 7. The molecule has 0 fully saturated rings. The van der Waals surface area contributed by atoms with E-state index in [1.807, 2.05) is 62.4 Å². The zero-order chi connectivity index (χ0) is 20.1. The summed E-state index contributed by atoms with van der Waals surface area (Å²) in [7, 11) is 0. The van der Waals surface area contributed by atoms with E-state index in [-0.39, 0.29) is 12.0 Å². The van der Waals surface area contributed by atoms with Crippen molar-refractivity contribution in [3.05, 3.63) is 77.7 Å². The zero-order valence-electron chi connectivity index (χ0n) is 15.9. The Morgan fingerprint density at radius 2 is 1.86 bits per heavy atom. The Labute approximate surface area is 163 Å². The quantitative estimate of drug-likeness (QED) is 0.342. The molecule has 0 saturated heterocycles. The molecule has 0 amide bonds. The van der Waals surface area contributed by atoms with Gasteiger partial charge in [-0.1, -0.05) is 50.8 Å². The van der Waals surface area contributed by atoms with Crippen molar-refractivity contribution >= 4 is 16.9 Å². The van der Waals surface area contributed by atoms with E-state index < -0.39 is 11.6 Å². The summed E-state index contributed by atoms with van der Waals surface area (Å²) in [5.41, 5.74) is 1.01. The lowest BCUT2D eigenvalue weighted by atomic mass is 9.96. The highest BCUT2D eigenvalue weighted by Gasteiger charge is 2.21. The Morgan fingerprint density at radius 3 is 2.57 bits per heavy atom. The van der Waals surface area contributed by atoms with Gasteiger partial charge in [0, 0.05) is 22.9 Å². The number of ether oxygens (including phenoxy) is 2. The molecule has 0 aliphatic rings. The molecule has 0 radical (unpaired) electrons. The Morgan fingerprint density at radius 1 is 1.11 bits per heavy atom. The Balaban J connectivity index is 1.77. The van der Waals surface area contributed by atoms with Gasteiger partial charge in [-0.3, -0.25) is 0 Å². The largest absolute Gasteiger partial charge is 0.493 e. The smallest absolute Gasteiger partial charge is 0.344 e. The molecule has 5 heteroatoms. The number of hydrogen-bond donors (Lipinski definition) is 0. The summed E-state index contributed by atoms with van der Waals surface area (Å²) in [5.74, 6) is 0.112. The molecule has 0 spiro atoms. The van der Waals surface area contributed by atoms with Crippen LogP contribution in [-0.4, -0.2) is 19.2 Å². The summed E-state index contributed by atoms with van der Waals surface area (Å²) in [5, 5.41) is 0.810. The second-order valence-electron chi connectivity index (χ2n) is 7.28. The Hall–Kier alpha value is -3.34. The molecule has 3 rings (SSSR count). The van der Waals surface area contributed by atoms with Crippen LogP contribution in [-0.2, 0) is 9.53 Å². The van der Waals surface area contributed by atoms with Gasteiger partial charge in [-0.25, -0.2) is 9.59 Å². The molecule has 0 aliphatic carbocycles. The third-order valence-corrected chi connectivity index (χ3v) is 4.19. The average Bonchev–Trinajstić information content (AvgIpc) is 2.70. The van der Waals surface area contributed by atoms with Crippen molar-refractivity contribution in [1.82, 2.24) is 0 Å². The number of hydrogen-bond acceptors (Lipinski definition) is 5. The van der Waals surface area contributed by atoms with Crippen LogP contribution in [0.25, 0.3) is 22.1 Å². The molecule has 1 heterocycles. The second-order valence-corrected chi connectivity index (χ2v) is 7.28. The third-order valence-electron chi connectivity index (χ3n) is 4.19. The fourth-order valence-electron chi connectivity index (χ4n) is 2.65. The van der Waals surface area contributed by atoms with Gasteiger partial charge in [0.2, 0.25) is 0 Å². The predicted molar refractivity (Wildman–Crippen MR) is 108 cm³/mol. The van der Waals surface area contributed by atoms with Crippen molar-refractivity contribution in [2.45, 2.75) is 13.8 Å². The SMILES string of the molecule is C=CC(=O)OCC(C)(C)COc1ccc2cc(-c3ccccc3)c(=O)oc2c1. The van der Waals surface area contributed by atoms with Gasteiger partial charge in [0.1, 0.15) is 11.3 Å². The molecule has 0 bridgehead atoms. The van der Waals surface area contributed by atoms with E-state index in [0.717, 1.165) is 17.0 Å². The molecule has 0 N–H and O–H groups in total. The van der Waals surface area contributed by atoms with E-state index in [2.05, 4.69) is 6.58 Å². The minimum atomic E-state index is -0.463. The second kappa shape index (κ2) is 8.13. The van der Waals surface area contributed by atoms with Crippen molar-refractivity contribution in [3.8, 4) is 16.9 Å². The van der Waals surface area contributed by atoms with E-state index in [4.69, 9.17) is 13.9 Å². The maximum Gasteiger partial charge on any atom is 0.344 e. The highest BCUT2D eigenvalue weighted by Crippen LogP contribution is 2.26. The van der Waals surface area contributed by atoms with Crippen LogP contribution in [0.4, 0.5) is 0 Å². The fourth-order valence-corrected chi connectivity index (χ4v) is 2.65. The van der Waals surface area contributed by atoms with Gasteiger partial charge in [-0.15, -0.1) is 0 Å². The normalized spacial score (nSPS) is 11.2. The van der Waals surface area contributed by atoms with Crippen LogP contribution in [0.15, 0.2) is 76.5 Å². The van der Waals surface area contributed by atoms with E-state index in [0.29, 0.717) is 23.5 Å². The first-order valence-electron chi connectivity index (χ1n) is 8.93. The molecule has 0 saturated carbocycles. The van der Waals surface area contributed by atoms with Crippen molar-refractivity contribution in [3.63, 3.8) is 0 Å². The van der Waals surface area contributed by atoms with Crippen molar-refractivity contribution in [1.29, 1.82) is 0 Å². The standard InChI is InChI=1S/C23H22O5/c1-4-21(24)27-15-23(2,3)14-26-18-11-10-17-12-19(16-8-6-5-7-9-16)22(25)28-20(17)13-18/h4-13H,1,14-15H2,2-3H3. The lowest BCUT2D eigenvalue weighted by Crippen LogP contribution is -2.28. The van der Waals surface area contributed by atoms with Crippen molar-refractivity contribution in [2.75, 3.05) is 13.2 Å². The summed E-state index contributed by atoms with van der Waals surface area (Å²) in [6.45, 7) is 7.77. The molecular weight excluding hydrogens is 356 g/mol. The van der Waals surface area contributed by atoms with Crippen LogP contribution in [0.3, 0.4) is 0 Å². The maximum absolute atomic E-state index is 12.4. The number of esters is 1. The fraction of sp³-hybridized carbons (Fsp3) is 0.217. The molecule has 0 atom stereocenters. The van der Waals surface area contributed by atoms with Crippen molar-refractivity contribution < 1.29 is 18.7 Å². The topological polar surface area (TPSA) is 65.7 Å². The lowest BCUT2D eigenvalue weighted by molar-refractivity contribution is -0.141. The first kappa shape index (κ1) is 19.4. The maximum atomic E-state index is 12.4. The van der Waals surface area contributed by atoms with E-state index >= 15 is 0 Å². The zero-order valence-corrected chi connectivity index (χ0v) is 15.9. The summed E-state index contributed by atoms with van der Waals surface area (Å²) in [6, 6.07) is 16.6. The van der Waals surface area contributed by atoms with Gasteiger partial charge >= 0.3 is 11.6 Å². The highest BCUT2D eigenvalue weighted by molar-refractivity contribution is 5.82. The molecule has 3 aromatic rings. The number of fused-ring (bicyclic) bond motifs is 1. The van der Waals surface area contributed by atoms with Gasteiger partial charge in [0.15, 0.2) is 0 Å². The molecule has 2 aromatic carbocycles. The Bertz CT molecular complexity index is 1050. The first-order chi connectivity index (χ1) is 13.4. The molecule has 0 unspecified atom stereocenters. The third kappa shape index (κ3) is 4.68. The monoisotopic (exact) mass is 378 g/mol. The Kier molecular flexibility index (Phi) is 5.64. The molecule has 0 aliphatic heterocycles. The summed E-state index contributed by atoms with van der Waals surface area (Å²) in [6.07, 6.45) is 1.13. The van der Waals surface area contributed by atoms with Crippen LogP contribution in [0.1, 0.15) is 13.8 Å². The summed E-state index contributed by atoms with van der Waals surface area (Å²) < 4.78 is 16.4. The number of carbonyl (C=O) groups excluding carboxylic acids is 1. The minimum absolute atomic E-state index is 0.209. The molecular formula is C23H22O5. The van der Waals surface area contributed by atoms with E-state index in [9.17, 15) is 9.59 Å². The minimum Gasteiger partial charge on any atom is -0.493 e. The molecule has 1 aromatic heterocycles. The molecule has 144 valence electrons. The van der Waals surface area contributed by atoms with Gasteiger partial charge < -0.3 is 13.9 Å². The molecule has 28 heavy (non-hydrogen) atoms. The van der Waals surface area contributed by atoms with Crippen LogP contribution in [0.5, 0.6) is 5.75 Å². The van der Waals surface area contributed by atoms with Crippen LogP contribution in [0.2, 0.25) is 0 Å². The van der Waals surface area contributed by atoms with Gasteiger partial charge in [-0.05, 0) is 23.8 Å². The van der Waals surface area contributed by atoms with Crippen LogP contribution < -0.4 is 10.4 Å². The van der Waals surface area contributed by atoms with E-state index in [1.165, 1.54) is 0 Å².